The maximum atomic E-state index is 12.3. The first kappa shape index (κ1) is 17.6. The van der Waals surface area contributed by atoms with Crippen LogP contribution in [0, 0.1) is 12.3 Å². The first-order chi connectivity index (χ1) is 10.9. The van der Waals surface area contributed by atoms with Crippen LogP contribution in [0.5, 0.6) is 5.75 Å². The molecule has 0 spiro atoms. The molecular formula is C16H20ClNO5. The first-order valence-corrected chi connectivity index (χ1v) is 7.65. The number of ether oxygens (including phenoxy) is 2. The second-order valence-electron chi connectivity index (χ2n) is 5.74. The lowest BCUT2D eigenvalue weighted by Gasteiger charge is -2.23. The summed E-state index contributed by atoms with van der Waals surface area (Å²) in [6.07, 6.45) is 0.373. The fourth-order valence-electron chi connectivity index (χ4n) is 2.69. The molecule has 126 valence electrons. The number of likely N-dealkylation sites (tertiary alicyclic amines) is 1. The number of hydrogen-bond acceptors (Lipinski definition) is 4. The van der Waals surface area contributed by atoms with Crippen LogP contribution in [0.2, 0.25) is 5.02 Å². The average Bonchev–Trinajstić information content (AvgIpc) is 2.94. The molecule has 1 unspecified atom stereocenters. The van der Waals surface area contributed by atoms with E-state index >= 15 is 0 Å². The van der Waals surface area contributed by atoms with Gasteiger partial charge >= 0.3 is 5.97 Å². The third kappa shape index (κ3) is 3.76. The van der Waals surface area contributed by atoms with Crippen molar-refractivity contribution in [2.75, 3.05) is 33.4 Å². The Balaban J connectivity index is 1.97. The maximum Gasteiger partial charge on any atom is 0.313 e. The molecule has 0 aromatic heterocycles. The highest BCUT2D eigenvalue weighted by atomic mass is 35.5. The number of rotatable bonds is 6. The fourth-order valence-corrected chi connectivity index (χ4v) is 2.86. The number of amides is 1. The van der Waals surface area contributed by atoms with E-state index in [0.29, 0.717) is 23.7 Å². The molecule has 1 atom stereocenters. The van der Waals surface area contributed by atoms with Crippen LogP contribution in [0.3, 0.4) is 0 Å². The molecule has 1 aromatic carbocycles. The van der Waals surface area contributed by atoms with Crippen molar-refractivity contribution in [1.82, 2.24) is 4.90 Å². The molecule has 1 amide bonds. The Hall–Kier alpha value is -1.79. The monoisotopic (exact) mass is 341 g/mol. The Bertz CT molecular complexity index is 606. The van der Waals surface area contributed by atoms with E-state index in [9.17, 15) is 14.7 Å². The van der Waals surface area contributed by atoms with Crippen molar-refractivity contribution >= 4 is 23.5 Å². The van der Waals surface area contributed by atoms with Crippen molar-refractivity contribution in [3.8, 4) is 5.75 Å². The number of aliphatic carboxylic acids is 1. The van der Waals surface area contributed by atoms with Crippen molar-refractivity contribution in [1.29, 1.82) is 0 Å². The molecule has 1 aromatic rings. The van der Waals surface area contributed by atoms with Gasteiger partial charge in [0.15, 0.2) is 6.61 Å². The largest absolute Gasteiger partial charge is 0.483 e. The lowest BCUT2D eigenvalue weighted by molar-refractivity contribution is -0.151. The maximum absolute atomic E-state index is 12.3. The summed E-state index contributed by atoms with van der Waals surface area (Å²) in [5.74, 6) is -0.642. The van der Waals surface area contributed by atoms with Crippen LogP contribution >= 0.6 is 11.6 Å². The number of carboxylic acid groups (broad SMARTS) is 1. The number of carbonyl (C=O) groups excluding carboxylic acids is 1. The van der Waals surface area contributed by atoms with Gasteiger partial charge in [0.1, 0.15) is 11.2 Å². The molecular weight excluding hydrogens is 322 g/mol. The molecule has 1 fully saturated rings. The molecule has 1 saturated heterocycles. The van der Waals surface area contributed by atoms with Gasteiger partial charge in [-0.05, 0) is 25.5 Å². The zero-order valence-corrected chi connectivity index (χ0v) is 13.9. The highest BCUT2D eigenvalue weighted by Crippen LogP contribution is 2.31. The summed E-state index contributed by atoms with van der Waals surface area (Å²) in [6.45, 7) is 2.26. The molecule has 1 aliphatic heterocycles. The fraction of sp³-hybridized carbons (Fsp3) is 0.500. The number of hydrogen-bond donors (Lipinski definition) is 1. The molecule has 0 saturated carbocycles. The van der Waals surface area contributed by atoms with Crippen molar-refractivity contribution in [3.05, 3.63) is 28.8 Å². The van der Waals surface area contributed by atoms with E-state index in [1.807, 2.05) is 6.92 Å². The van der Waals surface area contributed by atoms with E-state index in [0.717, 1.165) is 5.56 Å². The van der Waals surface area contributed by atoms with Gasteiger partial charge in [-0.25, -0.2) is 0 Å². The van der Waals surface area contributed by atoms with Gasteiger partial charge in [-0.1, -0.05) is 17.7 Å². The Kier molecular flexibility index (Phi) is 5.49. The lowest BCUT2D eigenvalue weighted by Crippen LogP contribution is -2.41. The summed E-state index contributed by atoms with van der Waals surface area (Å²) < 4.78 is 10.5. The van der Waals surface area contributed by atoms with E-state index in [1.165, 1.54) is 12.0 Å². The molecule has 1 heterocycles. The highest BCUT2D eigenvalue weighted by Gasteiger charge is 2.46. The Morgan fingerprint density at radius 3 is 2.83 bits per heavy atom. The van der Waals surface area contributed by atoms with Gasteiger partial charge in [0.05, 0.1) is 6.61 Å². The van der Waals surface area contributed by atoms with Crippen molar-refractivity contribution in [2.45, 2.75) is 13.3 Å². The van der Waals surface area contributed by atoms with Crippen LogP contribution in [-0.4, -0.2) is 55.3 Å². The Labute approximate surface area is 139 Å². The minimum absolute atomic E-state index is 0.0837. The predicted molar refractivity (Wildman–Crippen MR) is 84.8 cm³/mol. The smallest absolute Gasteiger partial charge is 0.313 e. The van der Waals surface area contributed by atoms with Crippen LogP contribution in [0.25, 0.3) is 0 Å². The second kappa shape index (κ2) is 7.19. The number of methoxy groups -OCH3 is 1. The number of carbonyl (C=O) groups is 2. The van der Waals surface area contributed by atoms with E-state index in [1.54, 1.807) is 18.2 Å². The quantitative estimate of drug-likeness (QED) is 0.856. The average molecular weight is 342 g/mol. The van der Waals surface area contributed by atoms with Crippen LogP contribution in [0.4, 0.5) is 0 Å². The molecule has 6 nitrogen and oxygen atoms in total. The summed E-state index contributed by atoms with van der Waals surface area (Å²) >= 11 is 6.01. The minimum Gasteiger partial charge on any atom is -0.483 e. The van der Waals surface area contributed by atoms with Gasteiger partial charge in [-0.3, -0.25) is 9.59 Å². The van der Waals surface area contributed by atoms with Crippen LogP contribution in [-0.2, 0) is 14.3 Å². The summed E-state index contributed by atoms with van der Waals surface area (Å²) in [4.78, 5) is 25.2. The van der Waals surface area contributed by atoms with Gasteiger partial charge in [0, 0.05) is 30.8 Å². The van der Waals surface area contributed by atoms with Gasteiger partial charge in [-0.15, -0.1) is 0 Å². The second-order valence-corrected chi connectivity index (χ2v) is 6.14. The van der Waals surface area contributed by atoms with E-state index in [2.05, 4.69) is 0 Å². The van der Waals surface area contributed by atoms with Gasteiger partial charge in [-0.2, -0.15) is 0 Å². The predicted octanol–water partition coefficient (Wildman–Crippen LogP) is 1.98. The van der Waals surface area contributed by atoms with Gasteiger partial charge in [0.2, 0.25) is 0 Å². The van der Waals surface area contributed by atoms with Gasteiger partial charge < -0.3 is 19.5 Å². The zero-order chi connectivity index (χ0) is 17.0. The molecule has 0 bridgehead atoms. The van der Waals surface area contributed by atoms with Crippen molar-refractivity contribution in [3.63, 3.8) is 0 Å². The molecule has 23 heavy (non-hydrogen) atoms. The minimum atomic E-state index is -1.03. The topological polar surface area (TPSA) is 76.1 Å². The van der Waals surface area contributed by atoms with Crippen LogP contribution in [0.1, 0.15) is 12.0 Å². The summed E-state index contributed by atoms with van der Waals surface area (Å²) in [5, 5.41) is 9.98. The highest BCUT2D eigenvalue weighted by molar-refractivity contribution is 6.31. The van der Waals surface area contributed by atoms with Crippen molar-refractivity contribution in [2.24, 2.45) is 5.41 Å². The SMILES string of the molecule is COCC1(C(=O)O)CCN(C(=O)COc2cccc(Cl)c2C)C1. The summed E-state index contributed by atoms with van der Waals surface area (Å²) in [6, 6.07) is 5.24. The Morgan fingerprint density at radius 1 is 1.43 bits per heavy atom. The lowest BCUT2D eigenvalue weighted by atomic mass is 9.88. The molecule has 0 radical (unpaired) electrons. The summed E-state index contributed by atoms with van der Waals surface area (Å²) in [7, 11) is 1.46. The van der Waals surface area contributed by atoms with Crippen LogP contribution in [0.15, 0.2) is 18.2 Å². The number of benzene rings is 1. The number of carboxylic acids is 1. The summed E-state index contributed by atoms with van der Waals surface area (Å²) in [5.41, 5.74) is -0.265. The molecule has 2 rings (SSSR count). The van der Waals surface area contributed by atoms with Crippen LogP contribution < -0.4 is 4.74 Å². The van der Waals surface area contributed by atoms with E-state index < -0.39 is 11.4 Å². The standard InChI is InChI=1S/C16H20ClNO5/c1-11-12(17)4-3-5-13(11)23-8-14(19)18-7-6-16(9-18,10-22-2)15(20)21/h3-5H,6-10H2,1-2H3,(H,20,21). The normalized spacial score (nSPS) is 20.6. The first-order valence-electron chi connectivity index (χ1n) is 7.27. The molecule has 7 heteroatoms. The third-order valence-electron chi connectivity index (χ3n) is 4.15. The molecule has 0 aliphatic carbocycles. The van der Waals surface area contributed by atoms with E-state index in [4.69, 9.17) is 21.1 Å². The van der Waals surface area contributed by atoms with Gasteiger partial charge in [0.25, 0.3) is 5.91 Å². The molecule has 1 aliphatic rings. The Morgan fingerprint density at radius 2 is 2.17 bits per heavy atom. The number of halogens is 1. The van der Waals surface area contributed by atoms with Crippen molar-refractivity contribution < 1.29 is 24.2 Å². The number of nitrogens with zero attached hydrogens (tertiary/aromatic N) is 1. The molecule has 1 N–H and O–H groups in total. The van der Waals surface area contributed by atoms with E-state index in [-0.39, 0.29) is 25.7 Å². The zero-order valence-electron chi connectivity index (χ0n) is 13.2. The third-order valence-corrected chi connectivity index (χ3v) is 4.56.